The fourth-order valence-corrected chi connectivity index (χ4v) is 8.27. The topological polar surface area (TPSA) is 71.1 Å². The lowest BCUT2D eigenvalue weighted by atomic mass is 10.9. The zero-order valence-corrected chi connectivity index (χ0v) is 15.5. The average molecular weight is 331 g/mol. The standard InChI is InChI=1S/C10H26O6SSi2/c1-13-7-9-18(3,4)15-17(11,12)16-19(5,6)10-8-14-2/h7-10H2,1-6H3. The highest BCUT2D eigenvalue weighted by atomic mass is 32.3. The second-order valence-electron chi connectivity index (χ2n) is 5.58. The molecule has 0 saturated heterocycles. The van der Waals surface area contributed by atoms with Crippen molar-refractivity contribution >= 4 is 27.0 Å². The van der Waals surface area contributed by atoms with Crippen LogP contribution in [0.1, 0.15) is 0 Å². The summed E-state index contributed by atoms with van der Waals surface area (Å²) in [5, 5.41) is 0. The van der Waals surface area contributed by atoms with Crippen LogP contribution in [0.2, 0.25) is 38.3 Å². The van der Waals surface area contributed by atoms with E-state index in [1.165, 1.54) is 0 Å². The lowest BCUT2D eigenvalue weighted by Crippen LogP contribution is -2.41. The summed E-state index contributed by atoms with van der Waals surface area (Å²) in [4.78, 5) is 0. The van der Waals surface area contributed by atoms with Gasteiger partial charge in [-0.1, -0.05) is 0 Å². The normalized spacial score (nSPS) is 13.8. The largest absolute Gasteiger partial charge is 0.385 e. The van der Waals surface area contributed by atoms with Gasteiger partial charge in [0, 0.05) is 27.4 Å². The highest BCUT2D eigenvalue weighted by molar-refractivity contribution is 7.84. The number of hydrogen-bond acceptors (Lipinski definition) is 6. The molecule has 0 aromatic heterocycles. The van der Waals surface area contributed by atoms with Gasteiger partial charge in [-0.2, -0.15) is 8.42 Å². The van der Waals surface area contributed by atoms with Crippen LogP contribution in [0.25, 0.3) is 0 Å². The Morgan fingerprint density at radius 3 is 1.37 bits per heavy atom. The number of hydrogen-bond donors (Lipinski definition) is 0. The molecule has 0 rings (SSSR count). The zero-order chi connectivity index (χ0) is 15.2. The van der Waals surface area contributed by atoms with E-state index >= 15 is 0 Å². The Bertz CT molecular complexity index is 327. The average Bonchev–Trinajstić information content (AvgIpc) is 2.20. The first-order chi connectivity index (χ1) is 8.54. The van der Waals surface area contributed by atoms with Crippen LogP contribution in [0.5, 0.6) is 0 Å². The molecule has 0 heterocycles. The first-order valence-electron chi connectivity index (χ1n) is 6.18. The number of methoxy groups -OCH3 is 2. The fraction of sp³-hybridized carbons (Fsp3) is 1.00. The van der Waals surface area contributed by atoms with E-state index in [2.05, 4.69) is 0 Å². The van der Waals surface area contributed by atoms with Gasteiger partial charge >= 0.3 is 10.4 Å². The van der Waals surface area contributed by atoms with Crippen LogP contribution >= 0.6 is 0 Å². The first kappa shape index (κ1) is 19.2. The summed E-state index contributed by atoms with van der Waals surface area (Å²) < 4.78 is 44.3. The molecule has 0 N–H and O–H groups in total. The molecule has 0 unspecified atom stereocenters. The van der Waals surface area contributed by atoms with Gasteiger partial charge < -0.3 is 9.47 Å². The summed E-state index contributed by atoms with van der Waals surface area (Å²) in [6.07, 6.45) is 0. The Morgan fingerprint density at radius 2 is 1.11 bits per heavy atom. The van der Waals surface area contributed by atoms with E-state index in [-0.39, 0.29) is 0 Å². The smallest absolute Gasteiger partial charge is 0.380 e. The Kier molecular flexibility index (Phi) is 7.95. The maximum Gasteiger partial charge on any atom is 0.380 e. The lowest BCUT2D eigenvalue weighted by Gasteiger charge is -2.26. The van der Waals surface area contributed by atoms with Crippen molar-refractivity contribution < 1.29 is 25.6 Å². The molecule has 0 radical (unpaired) electrons. The Labute approximate surface area is 119 Å². The minimum absolute atomic E-state index is 0.485. The van der Waals surface area contributed by atoms with E-state index in [4.69, 9.17) is 17.2 Å². The molecule has 116 valence electrons. The van der Waals surface area contributed by atoms with Gasteiger partial charge in [0.25, 0.3) is 0 Å². The van der Waals surface area contributed by atoms with Gasteiger partial charge in [-0.05, 0) is 38.3 Å². The predicted octanol–water partition coefficient (Wildman–Crippen LogP) is 1.97. The van der Waals surface area contributed by atoms with Crippen LogP contribution < -0.4 is 0 Å². The molecule has 0 aromatic rings. The van der Waals surface area contributed by atoms with Crippen LogP contribution in [0.3, 0.4) is 0 Å². The summed E-state index contributed by atoms with van der Waals surface area (Å²) in [5.74, 6) is 0. The van der Waals surface area contributed by atoms with Gasteiger partial charge in [0.05, 0.1) is 0 Å². The quantitative estimate of drug-likeness (QED) is 0.570. The van der Waals surface area contributed by atoms with Crippen LogP contribution in [0, 0.1) is 0 Å². The molecule has 0 aliphatic carbocycles. The second kappa shape index (κ2) is 7.86. The monoisotopic (exact) mass is 330 g/mol. The van der Waals surface area contributed by atoms with E-state index in [0.717, 1.165) is 0 Å². The summed E-state index contributed by atoms with van der Waals surface area (Å²) in [5.41, 5.74) is 0. The third-order valence-electron chi connectivity index (χ3n) is 2.47. The van der Waals surface area contributed by atoms with E-state index < -0.39 is 27.0 Å². The van der Waals surface area contributed by atoms with Gasteiger partial charge in [0.2, 0.25) is 16.6 Å². The maximum atomic E-state index is 11.9. The van der Waals surface area contributed by atoms with E-state index in [1.807, 2.05) is 26.2 Å². The SMILES string of the molecule is COCC[Si](C)(C)OS(=O)(=O)O[Si](C)(C)CCOC. The van der Waals surface area contributed by atoms with Crippen LogP contribution in [-0.4, -0.2) is 52.5 Å². The Hall–Kier alpha value is 0.224. The molecule has 0 amide bonds. The summed E-state index contributed by atoms with van der Waals surface area (Å²) in [6.45, 7) is 8.29. The summed E-state index contributed by atoms with van der Waals surface area (Å²) in [7, 11) is -5.46. The molecular formula is C10H26O6SSi2. The van der Waals surface area contributed by atoms with Gasteiger partial charge in [0.15, 0.2) is 0 Å². The van der Waals surface area contributed by atoms with Gasteiger partial charge in [-0.3, -0.25) is 7.74 Å². The van der Waals surface area contributed by atoms with E-state index in [1.54, 1.807) is 14.2 Å². The minimum atomic E-state index is -3.95. The molecule has 0 spiro atoms. The molecule has 0 aliphatic rings. The zero-order valence-electron chi connectivity index (χ0n) is 12.7. The van der Waals surface area contributed by atoms with Crippen molar-refractivity contribution in [2.45, 2.75) is 38.3 Å². The van der Waals surface area contributed by atoms with Gasteiger partial charge in [0.1, 0.15) is 0 Å². The molecule has 19 heavy (non-hydrogen) atoms. The highest BCUT2D eigenvalue weighted by Crippen LogP contribution is 2.20. The van der Waals surface area contributed by atoms with Crippen LogP contribution in [0.15, 0.2) is 0 Å². The van der Waals surface area contributed by atoms with Gasteiger partial charge in [-0.25, -0.2) is 0 Å². The van der Waals surface area contributed by atoms with E-state index in [9.17, 15) is 8.42 Å². The second-order valence-corrected chi connectivity index (χ2v) is 15.8. The molecule has 0 fully saturated rings. The van der Waals surface area contributed by atoms with Crippen molar-refractivity contribution in [3.8, 4) is 0 Å². The first-order valence-corrected chi connectivity index (χ1v) is 13.7. The van der Waals surface area contributed by atoms with Gasteiger partial charge in [-0.15, -0.1) is 0 Å². The molecule has 9 heteroatoms. The van der Waals surface area contributed by atoms with Crippen molar-refractivity contribution in [3.63, 3.8) is 0 Å². The maximum absolute atomic E-state index is 11.9. The van der Waals surface area contributed by atoms with Crippen LogP contribution in [0.4, 0.5) is 0 Å². The number of rotatable bonds is 10. The molecule has 0 aromatic carbocycles. The van der Waals surface area contributed by atoms with Crippen molar-refractivity contribution in [1.29, 1.82) is 0 Å². The minimum Gasteiger partial charge on any atom is -0.385 e. The third-order valence-corrected chi connectivity index (χ3v) is 10.5. The molecule has 0 atom stereocenters. The third kappa shape index (κ3) is 9.71. The molecular weight excluding hydrogens is 304 g/mol. The van der Waals surface area contributed by atoms with Crippen molar-refractivity contribution in [2.24, 2.45) is 0 Å². The van der Waals surface area contributed by atoms with Crippen molar-refractivity contribution in [2.75, 3.05) is 27.4 Å². The molecule has 0 saturated carbocycles. The number of ether oxygens (including phenoxy) is 2. The fourth-order valence-electron chi connectivity index (χ4n) is 1.35. The highest BCUT2D eigenvalue weighted by Gasteiger charge is 2.35. The van der Waals surface area contributed by atoms with Crippen molar-refractivity contribution in [1.82, 2.24) is 0 Å². The summed E-state index contributed by atoms with van der Waals surface area (Å²) >= 11 is 0. The lowest BCUT2D eigenvalue weighted by molar-refractivity contribution is 0.210. The molecule has 6 nitrogen and oxygen atoms in total. The molecule has 0 bridgehead atoms. The Morgan fingerprint density at radius 1 is 0.789 bits per heavy atom. The predicted molar refractivity (Wildman–Crippen MR) is 79.4 cm³/mol. The van der Waals surface area contributed by atoms with Crippen molar-refractivity contribution in [3.05, 3.63) is 0 Å². The molecule has 0 aliphatic heterocycles. The summed E-state index contributed by atoms with van der Waals surface area (Å²) in [6, 6.07) is 1.21. The van der Waals surface area contributed by atoms with E-state index in [0.29, 0.717) is 25.3 Å². The van der Waals surface area contributed by atoms with Crippen LogP contribution in [-0.2, 0) is 27.6 Å². The Balaban J connectivity index is 4.54.